The fourth-order valence-corrected chi connectivity index (χ4v) is 3.01. The second kappa shape index (κ2) is 8.76. The van der Waals surface area contributed by atoms with Gasteiger partial charge in [-0.3, -0.25) is 0 Å². The van der Waals surface area contributed by atoms with E-state index in [4.69, 9.17) is 4.74 Å². The SMILES string of the molecule is CCCCCCNCC1(C)CCCN(C(=O)OC(C)(C)C)C1. The predicted molar refractivity (Wildman–Crippen MR) is 92.2 cm³/mol. The molecule has 1 heterocycles. The summed E-state index contributed by atoms with van der Waals surface area (Å²) >= 11 is 0. The predicted octanol–water partition coefficient (Wildman–Crippen LogP) is 4.19. The van der Waals surface area contributed by atoms with Gasteiger partial charge in [-0.05, 0) is 52.0 Å². The van der Waals surface area contributed by atoms with E-state index in [1.165, 1.54) is 32.1 Å². The van der Waals surface area contributed by atoms with Crippen LogP contribution in [0.1, 0.15) is 73.1 Å². The highest BCUT2D eigenvalue weighted by atomic mass is 16.6. The first kappa shape index (κ1) is 19.3. The molecule has 0 aromatic rings. The van der Waals surface area contributed by atoms with E-state index in [1.54, 1.807) is 0 Å². The van der Waals surface area contributed by atoms with Gasteiger partial charge in [0.15, 0.2) is 0 Å². The van der Waals surface area contributed by atoms with Crippen molar-refractivity contribution in [3.8, 4) is 0 Å². The Kier molecular flexibility index (Phi) is 7.67. The molecule has 22 heavy (non-hydrogen) atoms. The average molecular weight is 312 g/mol. The van der Waals surface area contributed by atoms with Gasteiger partial charge in [-0.1, -0.05) is 33.1 Å². The molecular weight excluding hydrogens is 276 g/mol. The first-order chi connectivity index (χ1) is 10.3. The fourth-order valence-electron chi connectivity index (χ4n) is 3.01. The zero-order chi connectivity index (χ0) is 16.6. The Balaban J connectivity index is 2.35. The second-order valence-electron chi connectivity index (χ2n) is 8.05. The van der Waals surface area contributed by atoms with E-state index in [-0.39, 0.29) is 11.5 Å². The maximum atomic E-state index is 12.2. The number of unbranched alkanes of at least 4 members (excludes halogenated alkanes) is 3. The zero-order valence-corrected chi connectivity index (χ0v) is 15.3. The Hall–Kier alpha value is -0.770. The van der Waals surface area contributed by atoms with Crippen LogP contribution in [0.15, 0.2) is 0 Å². The lowest BCUT2D eigenvalue weighted by molar-refractivity contribution is 0.00681. The molecule has 0 bridgehead atoms. The monoisotopic (exact) mass is 312 g/mol. The molecular formula is C18H36N2O2. The van der Waals surface area contributed by atoms with Gasteiger partial charge in [-0.15, -0.1) is 0 Å². The van der Waals surface area contributed by atoms with E-state index in [0.717, 1.165) is 32.6 Å². The summed E-state index contributed by atoms with van der Waals surface area (Å²) < 4.78 is 5.51. The van der Waals surface area contributed by atoms with Gasteiger partial charge in [0.05, 0.1) is 0 Å². The number of rotatable bonds is 7. The van der Waals surface area contributed by atoms with Crippen LogP contribution in [0, 0.1) is 5.41 Å². The van der Waals surface area contributed by atoms with Crippen molar-refractivity contribution in [3.05, 3.63) is 0 Å². The van der Waals surface area contributed by atoms with Crippen LogP contribution in [0.2, 0.25) is 0 Å². The van der Waals surface area contributed by atoms with Crippen molar-refractivity contribution >= 4 is 6.09 Å². The minimum Gasteiger partial charge on any atom is -0.444 e. The van der Waals surface area contributed by atoms with Crippen LogP contribution in [0.5, 0.6) is 0 Å². The van der Waals surface area contributed by atoms with Crippen LogP contribution in [-0.2, 0) is 4.74 Å². The highest BCUT2D eigenvalue weighted by Gasteiger charge is 2.34. The first-order valence-electron chi connectivity index (χ1n) is 8.94. The quantitative estimate of drug-likeness (QED) is 0.717. The Bertz CT molecular complexity index is 338. The number of carbonyl (C=O) groups is 1. The summed E-state index contributed by atoms with van der Waals surface area (Å²) in [6, 6.07) is 0. The standard InChI is InChI=1S/C18H36N2O2/c1-6-7-8-9-12-19-14-18(5)11-10-13-20(15-18)16(21)22-17(2,3)4/h19H,6-15H2,1-5H3. The second-order valence-corrected chi connectivity index (χ2v) is 8.05. The number of ether oxygens (including phenoxy) is 1. The number of nitrogens with one attached hydrogen (secondary N) is 1. The Morgan fingerprint density at radius 3 is 2.64 bits per heavy atom. The van der Waals surface area contributed by atoms with Gasteiger partial charge in [-0.2, -0.15) is 0 Å². The summed E-state index contributed by atoms with van der Waals surface area (Å²) in [4.78, 5) is 14.1. The summed E-state index contributed by atoms with van der Waals surface area (Å²) in [5, 5.41) is 3.58. The molecule has 0 spiro atoms. The molecule has 1 amide bonds. The first-order valence-corrected chi connectivity index (χ1v) is 8.94. The van der Waals surface area contributed by atoms with Gasteiger partial charge >= 0.3 is 6.09 Å². The molecule has 1 unspecified atom stereocenters. The van der Waals surface area contributed by atoms with Crippen molar-refractivity contribution in [2.75, 3.05) is 26.2 Å². The lowest BCUT2D eigenvalue weighted by atomic mass is 9.82. The summed E-state index contributed by atoms with van der Waals surface area (Å²) in [5.74, 6) is 0. The topological polar surface area (TPSA) is 41.6 Å². The van der Waals surface area contributed by atoms with Crippen molar-refractivity contribution < 1.29 is 9.53 Å². The van der Waals surface area contributed by atoms with E-state index < -0.39 is 5.60 Å². The van der Waals surface area contributed by atoms with E-state index in [2.05, 4.69) is 19.2 Å². The molecule has 0 aromatic heterocycles. The summed E-state index contributed by atoms with van der Waals surface area (Å²) in [5.41, 5.74) is -0.248. The van der Waals surface area contributed by atoms with Crippen molar-refractivity contribution in [3.63, 3.8) is 0 Å². The molecule has 4 heteroatoms. The maximum Gasteiger partial charge on any atom is 0.410 e. The Morgan fingerprint density at radius 1 is 1.27 bits per heavy atom. The largest absolute Gasteiger partial charge is 0.444 e. The van der Waals surface area contributed by atoms with Crippen molar-refractivity contribution in [2.45, 2.75) is 78.7 Å². The number of carbonyl (C=O) groups excluding carboxylic acids is 1. The van der Waals surface area contributed by atoms with Crippen LogP contribution >= 0.6 is 0 Å². The third-order valence-corrected chi connectivity index (χ3v) is 4.19. The average Bonchev–Trinajstić information content (AvgIpc) is 2.41. The van der Waals surface area contributed by atoms with E-state index in [0.29, 0.717) is 0 Å². The Morgan fingerprint density at radius 2 is 2.00 bits per heavy atom. The molecule has 1 rings (SSSR count). The Labute approximate surface area is 137 Å². The van der Waals surface area contributed by atoms with Gasteiger partial charge in [0.25, 0.3) is 0 Å². The molecule has 1 saturated heterocycles. The number of hydrogen-bond donors (Lipinski definition) is 1. The molecule has 1 N–H and O–H groups in total. The van der Waals surface area contributed by atoms with Crippen molar-refractivity contribution in [2.24, 2.45) is 5.41 Å². The molecule has 0 radical (unpaired) electrons. The van der Waals surface area contributed by atoms with Gasteiger partial charge in [0.1, 0.15) is 5.60 Å². The lowest BCUT2D eigenvalue weighted by Crippen LogP contribution is -2.50. The molecule has 130 valence electrons. The normalized spacial score (nSPS) is 22.7. The van der Waals surface area contributed by atoms with Crippen molar-refractivity contribution in [1.29, 1.82) is 0 Å². The molecule has 1 aliphatic rings. The smallest absolute Gasteiger partial charge is 0.410 e. The number of piperidine rings is 1. The maximum absolute atomic E-state index is 12.2. The highest BCUT2D eigenvalue weighted by Crippen LogP contribution is 2.29. The molecule has 0 saturated carbocycles. The van der Waals surface area contributed by atoms with Crippen LogP contribution < -0.4 is 5.32 Å². The molecule has 0 aromatic carbocycles. The number of amides is 1. The fraction of sp³-hybridized carbons (Fsp3) is 0.944. The molecule has 1 atom stereocenters. The van der Waals surface area contributed by atoms with Gasteiger partial charge in [-0.25, -0.2) is 4.79 Å². The number of likely N-dealkylation sites (tertiary alicyclic amines) is 1. The van der Waals surface area contributed by atoms with E-state index >= 15 is 0 Å². The van der Waals surface area contributed by atoms with Crippen molar-refractivity contribution in [1.82, 2.24) is 10.2 Å². The van der Waals surface area contributed by atoms with Crippen LogP contribution in [0.3, 0.4) is 0 Å². The number of nitrogens with zero attached hydrogens (tertiary/aromatic N) is 1. The summed E-state index contributed by atoms with van der Waals surface area (Å²) in [6.07, 6.45) is 7.24. The summed E-state index contributed by atoms with van der Waals surface area (Å²) in [6.45, 7) is 14.0. The third kappa shape index (κ3) is 7.48. The number of hydrogen-bond acceptors (Lipinski definition) is 3. The zero-order valence-electron chi connectivity index (χ0n) is 15.3. The lowest BCUT2D eigenvalue weighted by Gasteiger charge is -2.41. The molecule has 1 fully saturated rings. The van der Waals surface area contributed by atoms with Crippen LogP contribution in [-0.4, -0.2) is 42.8 Å². The summed E-state index contributed by atoms with van der Waals surface area (Å²) in [7, 11) is 0. The molecule has 0 aliphatic carbocycles. The van der Waals surface area contributed by atoms with E-state index in [1.807, 2.05) is 25.7 Å². The van der Waals surface area contributed by atoms with Crippen LogP contribution in [0.4, 0.5) is 4.79 Å². The third-order valence-electron chi connectivity index (χ3n) is 4.19. The highest BCUT2D eigenvalue weighted by molar-refractivity contribution is 5.68. The van der Waals surface area contributed by atoms with Gasteiger partial charge < -0.3 is 15.0 Å². The minimum atomic E-state index is -0.414. The molecule has 1 aliphatic heterocycles. The minimum absolute atomic E-state index is 0.165. The molecule has 4 nitrogen and oxygen atoms in total. The van der Waals surface area contributed by atoms with Crippen LogP contribution in [0.25, 0.3) is 0 Å². The van der Waals surface area contributed by atoms with Gasteiger partial charge in [0.2, 0.25) is 0 Å². The van der Waals surface area contributed by atoms with Gasteiger partial charge in [0, 0.05) is 19.6 Å². The van der Waals surface area contributed by atoms with E-state index in [9.17, 15) is 4.79 Å².